The molecule has 1 saturated heterocycles. The van der Waals surface area contributed by atoms with Gasteiger partial charge in [-0.15, -0.1) is 0 Å². The van der Waals surface area contributed by atoms with Gasteiger partial charge < -0.3 is 9.64 Å². The molecule has 1 aliphatic heterocycles. The fraction of sp³-hybridized carbons (Fsp3) is 0.357. The molecule has 17 heavy (non-hydrogen) atoms. The average molecular weight is 231 g/mol. The molecule has 1 unspecified atom stereocenters. The largest absolute Gasteiger partial charge is 0.350 e. The number of amides is 1. The molecule has 0 bridgehead atoms. The number of carbonyl (C=O) groups is 1. The monoisotopic (exact) mass is 231 g/mol. The SMILES string of the molecule is C=CC(OCc1ccccc1)N1CCCC1=O. The van der Waals surface area contributed by atoms with Gasteiger partial charge in [0, 0.05) is 13.0 Å². The number of benzene rings is 1. The molecule has 1 fully saturated rings. The summed E-state index contributed by atoms with van der Waals surface area (Å²) in [5, 5.41) is 0. The Labute approximate surface area is 102 Å². The quantitative estimate of drug-likeness (QED) is 0.728. The summed E-state index contributed by atoms with van der Waals surface area (Å²) >= 11 is 0. The van der Waals surface area contributed by atoms with Crippen LogP contribution in [0.4, 0.5) is 0 Å². The molecular formula is C14H17NO2. The van der Waals surface area contributed by atoms with Crippen molar-refractivity contribution in [2.75, 3.05) is 6.54 Å². The minimum absolute atomic E-state index is 0.156. The fourth-order valence-electron chi connectivity index (χ4n) is 1.98. The van der Waals surface area contributed by atoms with Crippen LogP contribution < -0.4 is 0 Å². The van der Waals surface area contributed by atoms with Crippen LogP contribution in [0.1, 0.15) is 18.4 Å². The van der Waals surface area contributed by atoms with Crippen molar-refractivity contribution in [1.82, 2.24) is 4.90 Å². The summed E-state index contributed by atoms with van der Waals surface area (Å²) < 4.78 is 5.72. The number of hydrogen-bond acceptors (Lipinski definition) is 2. The Morgan fingerprint density at radius 2 is 2.18 bits per heavy atom. The first-order valence-electron chi connectivity index (χ1n) is 5.89. The van der Waals surface area contributed by atoms with Gasteiger partial charge >= 0.3 is 0 Å². The minimum atomic E-state index is -0.301. The van der Waals surface area contributed by atoms with Crippen LogP contribution >= 0.6 is 0 Å². The predicted octanol–water partition coefficient (Wildman–Crippen LogP) is 2.34. The summed E-state index contributed by atoms with van der Waals surface area (Å²) in [6.07, 6.45) is 2.92. The average Bonchev–Trinajstić information content (AvgIpc) is 2.78. The zero-order valence-corrected chi connectivity index (χ0v) is 9.84. The summed E-state index contributed by atoms with van der Waals surface area (Å²) in [6, 6.07) is 9.93. The first kappa shape index (κ1) is 11.9. The summed E-state index contributed by atoms with van der Waals surface area (Å²) in [5.41, 5.74) is 1.10. The van der Waals surface area contributed by atoms with Crippen molar-refractivity contribution in [3.63, 3.8) is 0 Å². The van der Waals surface area contributed by atoms with E-state index in [0.717, 1.165) is 18.5 Å². The van der Waals surface area contributed by atoms with E-state index in [0.29, 0.717) is 13.0 Å². The summed E-state index contributed by atoms with van der Waals surface area (Å²) in [7, 11) is 0. The topological polar surface area (TPSA) is 29.5 Å². The van der Waals surface area contributed by atoms with Crippen molar-refractivity contribution < 1.29 is 9.53 Å². The number of hydrogen-bond donors (Lipinski definition) is 0. The lowest BCUT2D eigenvalue weighted by Crippen LogP contribution is -2.36. The highest BCUT2D eigenvalue weighted by atomic mass is 16.5. The van der Waals surface area contributed by atoms with E-state index in [1.807, 2.05) is 30.3 Å². The Morgan fingerprint density at radius 3 is 2.76 bits per heavy atom. The Balaban J connectivity index is 1.92. The highest BCUT2D eigenvalue weighted by molar-refractivity contribution is 5.78. The van der Waals surface area contributed by atoms with Gasteiger partial charge in [0.15, 0.2) is 6.23 Å². The van der Waals surface area contributed by atoms with Gasteiger partial charge in [0.25, 0.3) is 0 Å². The molecule has 1 amide bonds. The number of ether oxygens (including phenoxy) is 1. The minimum Gasteiger partial charge on any atom is -0.350 e. The molecule has 90 valence electrons. The molecule has 0 aromatic heterocycles. The maximum absolute atomic E-state index is 11.6. The zero-order valence-electron chi connectivity index (χ0n) is 9.84. The normalized spacial score (nSPS) is 17.2. The van der Waals surface area contributed by atoms with Crippen LogP contribution in [0, 0.1) is 0 Å². The molecule has 0 aliphatic carbocycles. The molecule has 1 heterocycles. The van der Waals surface area contributed by atoms with E-state index in [1.165, 1.54) is 0 Å². The first-order valence-corrected chi connectivity index (χ1v) is 5.89. The Kier molecular flexibility index (Phi) is 3.94. The lowest BCUT2D eigenvalue weighted by atomic mass is 10.2. The standard InChI is InChI=1S/C14H17NO2/c1-2-14(15-10-6-9-13(15)16)17-11-12-7-4-3-5-8-12/h2-5,7-8,14H,1,6,9-11H2. The van der Waals surface area contributed by atoms with Crippen LogP contribution in [-0.4, -0.2) is 23.6 Å². The van der Waals surface area contributed by atoms with Gasteiger partial charge in [0.2, 0.25) is 5.91 Å². The lowest BCUT2D eigenvalue weighted by molar-refractivity contribution is -0.138. The van der Waals surface area contributed by atoms with Crippen LogP contribution in [0.25, 0.3) is 0 Å². The first-order chi connectivity index (χ1) is 8.31. The second-order valence-electron chi connectivity index (χ2n) is 4.11. The van der Waals surface area contributed by atoms with Crippen molar-refractivity contribution in [1.29, 1.82) is 0 Å². The molecule has 0 saturated carbocycles. The van der Waals surface area contributed by atoms with Gasteiger partial charge in [-0.2, -0.15) is 0 Å². The number of likely N-dealkylation sites (tertiary alicyclic amines) is 1. The lowest BCUT2D eigenvalue weighted by Gasteiger charge is -2.24. The molecule has 1 atom stereocenters. The molecule has 0 radical (unpaired) electrons. The Hall–Kier alpha value is -1.61. The van der Waals surface area contributed by atoms with Crippen LogP contribution in [0.3, 0.4) is 0 Å². The second-order valence-corrected chi connectivity index (χ2v) is 4.11. The van der Waals surface area contributed by atoms with Crippen molar-refractivity contribution in [3.05, 3.63) is 48.6 Å². The zero-order chi connectivity index (χ0) is 12.1. The third-order valence-corrected chi connectivity index (χ3v) is 2.88. The molecule has 0 N–H and O–H groups in total. The van der Waals surface area contributed by atoms with Crippen molar-refractivity contribution in [2.24, 2.45) is 0 Å². The molecule has 3 heteroatoms. The van der Waals surface area contributed by atoms with Crippen molar-refractivity contribution in [3.8, 4) is 0 Å². The molecule has 1 aromatic rings. The third kappa shape index (κ3) is 2.94. The van der Waals surface area contributed by atoms with Gasteiger partial charge in [0.1, 0.15) is 0 Å². The molecule has 2 rings (SSSR count). The maximum atomic E-state index is 11.6. The summed E-state index contributed by atoms with van der Waals surface area (Å²) in [4.78, 5) is 13.3. The van der Waals surface area contributed by atoms with E-state index in [2.05, 4.69) is 6.58 Å². The van der Waals surface area contributed by atoms with Crippen LogP contribution in [0.2, 0.25) is 0 Å². The van der Waals surface area contributed by atoms with E-state index in [1.54, 1.807) is 11.0 Å². The van der Waals surface area contributed by atoms with Gasteiger partial charge in [-0.25, -0.2) is 0 Å². The predicted molar refractivity (Wildman–Crippen MR) is 66.2 cm³/mol. The van der Waals surface area contributed by atoms with Crippen molar-refractivity contribution in [2.45, 2.75) is 25.7 Å². The van der Waals surface area contributed by atoms with Gasteiger partial charge in [-0.05, 0) is 18.1 Å². The van der Waals surface area contributed by atoms with Crippen LogP contribution in [-0.2, 0) is 16.1 Å². The molecule has 1 aromatic carbocycles. The maximum Gasteiger partial charge on any atom is 0.224 e. The number of rotatable bonds is 5. The smallest absolute Gasteiger partial charge is 0.224 e. The highest BCUT2D eigenvalue weighted by Crippen LogP contribution is 2.16. The summed E-state index contributed by atoms with van der Waals surface area (Å²) in [6.45, 7) is 5.00. The number of carbonyl (C=O) groups excluding carboxylic acids is 1. The molecular weight excluding hydrogens is 214 g/mol. The van der Waals surface area contributed by atoms with Crippen LogP contribution in [0.5, 0.6) is 0 Å². The third-order valence-electron chi connectivity index (χ3n) is 2.88. The van der Waals surface area contributed by atoms with Gasteiger partial charge in [0.05, 0.1) is 6.61 Å². The summed E-state index contributed by atoms with van der Waals surface area (Å²) in [5.74, 6) is 0.156. The van der Waals surface area contributed by atoms with E-state index in [4.69, 9.17) is 4.74 Å². The van der Waals surface area contributed by atoms with E-state index >= 15 is 0 Å². The Bertz CT molecular complexity index is 388. The highest BCUT2D eigenvalue weighted by Gasteiger charge is 2.26. The molecule has 0 spiro atoms. The Morgan fingerprint density at radius 1 is 1.41 bits per heavy atom. The molecule has 3 nitrogen and oxygen atoms in total. The van der Waals surface area contributed by atoms with E-state index in [-0.39, 0.29) is 12.1 Å². The van der Waals surface area contributed by atoms with E-state index in [9.17, 15) is 4.79 Å². The van der Waals surface area contributed by atoms with Crippen LogP contribution in [0.15, 0.2) is 43.0 Å². The fourth-order valence-corrected chi connectivity index (χ4v) is 1.98. The van der Waals surface area contributed by atoms with Gasteiger partial charge in [-0.1, -0.05) is 36.9 Å². The molecule has 1 aliphatic rings. The number of nitrogens with zero attached hydrogens (tertiary/aromatic N) is 1. The van der Waals surface area contributed by atoms with E-state index < -0.39 is 0 Å². The van der Waals surface area contributed by atoms with Crippen molar-refractivity contribution >= 4 is 5.91 Å². The second kappa shape index (κ2) is 5.64. The van der Waals surface area contributed by atoms with Gasteiger partial charge in [-0.3, -0.25) is 4.79 Å².